The number of nitrogens with one attached hydrogen (secondary N) is 1. The average Bonchev–Trinajstić information content (AvgIpc) is 2.85. The number of rotatable bonds is 3. The summed E-state index contributed by atoms with van der Waals surface area (Å²) >= 11 is 5.59. The molecule has 0 aliphatic heterocycles. The van der Waals surface area contributed by atoms with Gasteiger partial charge in [0.25, 0.3) is 0 Å². The van der Waals surface area contributed by atoms with Crippen LogP contribution in [0.2, 0.25) is 0 Å². The smallest absolute Gasteiger partial charge is 0.244 e. The van der Waals surface area contributed by atoms with Crippen molar-refractivity contribution in [1.29, 1.82) is 0 Å². The molecule has 2 aromatic rings. The number of halogens is 1. The molecule has 0 saturated carbocycles. The summed E-state index contributed by atoms with van der Waals surface area (Å²) in [5, 5.41) is 5.60. The minimum Gasteiger partial charge on any atom is -0.463 e. The number of carbonyl (C=O) groups is 1. The maximum atomic E-state index is 11.3. The van der Waals surface area contributed by atoms with Gasteiger partial charge in [-0.05, 0) is 19.1 Å². The second kappa shape index (κ2) is 4.40. The van der Waals surface area contributed by atoms with E-state index in [4.69, 9.17) is 20.5 Å². The Morgan fingerprint density at radius 2 is 2.44 bits per heavy atom. The van der Waals surface area contributed by atoms with Gasteiger partial charge in [-0.2, -0.15) is 0 Å². The highest BCUT2D eigenvalue weighted by atomic mass is 35.5. The number of anilines is 1. The summed E-state index contributed by atoms with van der Waals surface area (Å²) in [6.45, 7) is 1.57. The topological polar surface area (TPSA) is 68.3 Å². The van der Waals surface area contributed by atoms with Gasteiger partial charge in [-0.1, -0.05) is 5.16 Å². The first-order valence-electron chi connectivity index (χ1n) is 4.62. The second-order valence-electron chi connectivity index (χ2n) is 3.16. The van der Waals surface area contributed by atoms with Crippen LogP contribution in [0, 0.1) is 0 Å². The minimum atomic E-state index is -0.628. The Morgan fingerprint density at radius 3 is 3.06 bits per heavy atom. The number of furan rings is 1. The Balaban J connectivity index is 2.11. The first-order valence-corrected chi connectivity index (χ1v) is 5.06. The van der Waals surface area contributed by atoms with Crippen LogP contribution in [0.3, 0.4) is 0 Å². The molecule has 0 radical (unpaired) electrons. The highest BCUT2D eigenvalue weighted by molar-refractivity contribution is 6.32. The molecule has 0 fully saturated rings. The fourth-order valence-electron chi connectivity index (χ4n) is 1.10. The average molecular weight is 241 g/mol. The van der Waals surface area contributed by atoms with Gasteiger partial charge in [-0.3, -0.25) is 10.1 Å². The Morgan fingerprint density at radius 1 is 1.62 bits per heavy atom. The molecule has 0 bridgehead atoms. The lowest BCUT2D eigenvalue weighted by Gasteiger charge is -2.00. The van der Waals surface area contributed by atoms with Crippen molar-refractivity contribution in [2.45, 2.75) is 12.3 Å². The van der Waals surface area contributed by atoms with E-state index in [1.165, 1.54) is 6.26 Å². The van der Waals surface area contributed by atoms with Crippen molar-refractivity contribution in [2.75, 3.05) is 5.32 Å². The number of carbonyl (C=O) groups excluding carboxylic acids is 1. The molecule has 5 nitrogen and oxygen atoms in total. The van der Waals surface area contributed by atoms with Crippen molar-refractivity contribution in [3.05, 3.63) is 24.5 Å². The fourth-order valence-corrected chi connectivity index (χ4v) is 1.15. The van der Waals surface area contributed by atoms with Gasteiger partial charge >= 0.3 is 0 Å². The summed E-state index contributed by atoms with van der Waals surface area (Å²) in [7, 11) is 0. The van der Waals surface area contributed by atoms with Crippen molar-refractivity contribution < 1.29 is 13.7 Å². The molecule has 2 aromatic heterocycles. The van der Waals surface area contributed by atoms with Gasteiger partial charge in [0.15, 0.2) is 11.5 Å². The van der Waals surface area contributed by atoms with E-state index in [2.05, 4.69) is 10.5 Å². The SMILES string of the molecule is C[C@@H](Cl)C(=O)Nc1cc(-c2ccco2)no1. The molecule has 0 aliphatic rings. The maximum absolute atomic E-state index is 11.3. The molecule has 1 N–H and O–H groups in total. The first-order chi connectivity index (χ1) is 7.66. The number of alkyl halides is 1. The maximum Gasteiger partial charge on any atom is 0.244 e. The molecule has 1 atom stereocenters. The van der Waals surface area contributed by atoms with Crippen LogP contribution >= 0.6 is 11.6 Å². The monoisotopic (exact) mass is 240 g/mol. The van der Waals surface area contributed by atoms with Crippen LogP contribution in [0.15, 0.2) is 33.4 Å². The van der Waals surface area contributed by atoms with Gasteiger partial charge in [-0.15, -0.1) is 11.6 Å². The predicted octanol–water partition coefficient (Wildman–Crippen LogP) is 2.50. The lowest BCUT2D eigenvalue weighted by Crippen LogP contribution is -2.19. The molecule has 0 saturated heterocycles. The van der Waals surface area contributed by atoms with Crippen LogP contribution in [-0.2, 0) is 4.79 Å². The third-order valence-electron chi connectivity index (χ3n) is 1.89. The van der Waals surface area contributed by atoms with E-state index in [1.807, 2.05) is 0 Å². The molecule has 1 amide bonds. The predicted molar refractivity (Wildman–Crippen MR) is 58.1 cm³/mol. The van der Waals surface area contributed by atoms with Crippen LogP contribution < -0.4 is 5.32 Å². The van der Waals surface area contributed by atoms with Gasteiger partial charge in [0.2, 0.25) is 11.8 Å². The van der Waals surface area contributed by atoms with Crippen LogP contribution in [-0.4, -0.2) is 16.4 Å². The van der Waals surface area contributed by atoms with Crippen LogP contribution in [0.5, 0.6) is 0 Å². The number of aromatic nitrogens is 1. The molecular formula is C10H9ClN2O3. The normalized spacial score (nSPS) is 12.4. The summed E-state index contributed by atoms with van der Waals surface area (Å²) in [6.07, 6.45) is 1.53. The molecule has 0 aromatic carbocycles. The van der Waals surface area contributed by atoms with E-state index in [1.54, 1.807) is 25.1 Å². The van der Waals surface area contributed by atoms with Crippen LogP contribution in [0.1, 0.15) is 6.92 Å². The Labute approximate surface area is 96.4 Å². The highest BCUT2D eigenvalue weighted by Gasteiger charge is 2.14. The molecule has 16 heavy (non-hydrogen) atoms. The molecular weight excluding hydrogens is 232 g/mol. The van der Waals surface area contributed by atoms with Crippen LogP contribution in [0.25, 0.3) is 11.5 Å². The molecule has 2 heterocycles. The standard InChI is InChI=1S/C10H9ClN2O3/c1-6(11)10(14)12-9-5-7(13-16-9)8-3-2-4-15-8/h2-6H,1H3,(H,12,14)/t6-/m1/s1. The summed E-state index contributed by atoms with van der Waals surface area (Å²) in [6, 6.07) is 5.05. The molecule has 0 spiro atoms. The van der Waals surface area contributed by atoms with Crippen molar-refractivity contribution in [3.63, 3.8) is 0 Å². The van der Waals surface area contributed by atoms with Crippen LogP contribution in [0.4, 0.5) is 5.88 Å². The summed E-state index contributed by atoms with van der Waals surface area (Å²) in [5.74, 6) is 0.468. The van der Waals surface area contributed by atoms with E-state index in [0.717, 1.165) is 0 Å². The molecule has 6 heteroatoms. The van der Waals surface area contributed by atoms with Gasteiger partial charge in [0.05, 0.1) is 6.26 Å². The number of hydrogen-bond donors (Lipinski definition) is 1. The summed E-state index contributed by atoms with van der Waals surface area (Å²) in [5.41, 5.74) is 0.516. The largest absolute Gasteiger partial charge is 0.463 e. The van der Waals surface area contributed by atoms with Crippen molar-refractivity contribution in [3.8, 4) is 11.5 Å². The molecule has 2 rings (SSSR count). The summed E-state index contributed by atoms with van der Waals surface area (Å²) in [4.78, 5) is 11.3. The van der Waals surface area contributed by atoms with E-state index in [-0.39, 0.29) is 11.8 Å². The van der Waals surface area contributed by atoms with Crippen molar-refractivity contribution >= 4 is 23.4 Å². The minimum absolute atomic E-state index is 0.240. The quantitative estimate of drug-likeness (QED) is 0.837. The molecule has 84 valence electrons. The van der Waals surface area contributed by atoms with E-state index >= 15 is 0 Å². The molecule has 0 unspecified atom stereocenters. The van der Waals surface area contributed by atoms with E-state index in [9.17, 15) is 4.79 Å². The Kier molecular flexibility index (Phi) is 2.96. The van der Waals surface area contributed by atoms with E-state index in [0.29, 0.717) is 11.5 Å². The van der Waals surface area contributed by atoms with E-state index < -0.39 is 5.38 Å². The third-order valence-corrected chi connectivity index (χ3v) is 2.09. The Bertz CT molecular complexity index is 476. The first kappa shape index (κ1) is 10.8. The Hall–Kier alpha value is -1.75. The third kappa shape index (κ3) is 2.25. The number of hydrogen-bond acceptors (Lipinski definition) is 4. The lowest BCUT2D eigenvalue weighted by molar-refractivity contribution is -0.115. The zero-order chi connectivity index (χ0) is 11.5. The van der Waals surface area contributed by atoms with Gasteiger partial charge in [0, 0.05) is 6.07 Å². The lowest BCUT2D eigenvalue weighted by atomic mass is 10.3. The van der Waals surface area contributed by atoms with Crippen molar-refractivity contribution in [1.82, 2.24) is 5.16 Å². The van der Waals surface area contributed by atoms with Crippen molar-refractivity contribution in [2.24, 2.45) is 0 Å². The number of amides is 1. The zero-order valence-electron chi connectivity index (χ0n) is 8.44. The second-order valence-corrected chi connectivity index (χ2v) is 3.81. The fraction of sp³-hybridized carbons (Fsp3) is 0.200. The zero-order valence-corrected chi connectivity index (χ0v) is 9.19. The summed E-state index contributed by atoms with van der Waals surface area (Å²) < 4.78 is 10.0. The highest BCUT2D eigenvalue weighted by Crippen LogP contribution is 2.21. The van der Waals surface area contributed by atoms with Gasteiger partial charge < -0.3 is 8.94 Å². The van der Waals surface area contributed by atoms with Gasteiger partial charge in [0.1, 0.15) is 5.38 Å². The molecule has 0 aliphatic carbocycles. The number of nitrogens with zero attached hydrogens (tertiary/aromatic N) is 1. The van der Waals surface area contributed by atoms with Gasteiger partial charge in [-0.25, -0.2) is 0 Å².